The van der Waals surface area contributed by atoms with Crippen LogP contribution in [0, 0.1) is 5.41 Å². The lowest BCUT2D eigenvalue weighted by Crippen LogP contribution is -2.61. The maximum Gasteiger partial charge on any atom is 0.522 e. The van der Waals surface area contributed by atoms with Crippen LogP contribution in [0.2, 0.25) is 0 Å². The summed E-state index contributed by atoms with van der Waals surface area (Å²) in [5.74, 6) is 0.621. The molecule has 1 aromatic carbocycles. The summed E-state index contributed by atoms with van der Waals surface area (Å²) in [5.41, 5.74) is 6.58. The van der Waals surface area contributed by atoms with Crippen molar-refractivity contribution in [2.45, 2.75) is 56.4 Å². The Bertz CT molecular complexity index is 838. The molecule has 2 bridgehead atoms. The molecule has 1 amide bonds. The first kappa shape index (κ1) is 23.0. The fourth-order valence-corrected chi connectivity index (χ4v) is 5.36. The first-order valence-corrected chi connectivity index (χ1v) is 10.9. The number of carbonyl (C=O) groups excluding carboxylic acids is 1. The lowest BCUT2D eigenvalue weighted by Gasteiger charge is -2.55. The molecule has 5 nitrogen and oxygen atoms in total. The second kappa shape index (κ2) is 8.67. The molecule has 1 aliphatic heterocycles. The van der Waals surface area contributed by atoms with Crippen molar-refractivity contribution < 1.29 is 31.8 Å². The molecule has 1 heterocycles. The summed E-state index contributed by atoms with van der Waals surface area (Å²) < 4.78 is 59.2. The average molecular weight is 456 g/mol. The van der Waals surface area contributed by atoms with E-state index in [4.69, 9.17) is 10.5 Å². The number of hydrogen-bond acceptors (Lipinski definition) is 4. The summed E-state index contributed by atoms with van der Waals surface area (Å²) in [5, 5.41) is 0. The Morgan fingerprint density at radius 1 is 1.09 bits per heavy atom. The average Bonchev–Trinajstić information content (AvgIpc) is 2.77. The minimum absolute atomic E-state index is 0.0101. The Kier molecular flexibility index (Phi) is 6.24. The molecule has 0 spiro atoms. The molecule has 3 aliphatic carbocycles. The molecular formula is C23H28F4N2O3. The van der Waals surface area contributed by atoms with E-state index in [0.29, 0.717) is 17.7 Å². The van der Waals surface area contributed by atoms with Crippen molar-refractivity contribution >= 4 is 5.91 Å². The van der Waals surface area contributed by atoms with Crippen molar-refractivity contribution in [1.82, 2.24) is 4.90 Å². The first-order valence-electron chi connectivity index (χ1n) is 10.9. The summed E-state index contributed by atoms with van der Waals surface area (Å²) in [6.07, 6.45) is -0.306. The molecule has 0 aromatic heterocycles. The summed E-state index contributed by atoms with van der Waals surface area (Å²) in [6.45, 7) is 0.228. The molecule has 176 valence electrons. The number of carbonyl (C=O) groups is 1. The Hall–Kier alpha value is -2.13. The molecule has 4 aliphatic rings. The summed E-state index contributed by atoms with van der Waals surface area (Å²) in [7, 11) is 0. The number of nitrogens with zero attached hydrogens (tertiary/aromatic N) is 1. The van der Waals surface area contributed by atoms with Crippen LogP contribution in [0.4, 0.5) is 17.6 Å². The molecule has 1 saturated heterocycles. The smallest absolute Gasteiger partial charge is 0.489 e. The van der Waals surface area contributed by atoms with Crippen LogP contribution < -0.4 is 10.5 Å². The van der Waals surface area contributed by atoms with Crippen LogP contribution in [-0.4, -0.2) is 49.5 Å². The monoisotopic (exact) mass is 456 g/mol. The second-order valence-corrected chi connectivity index (χ2v) is 9.24. The Labute approximate surface area is 184 Å². The minimum atomic E-state index is -4.66. The molecule has 32 heavy (non-hydrogen) atoms. The van der Waals surface area contributed by atoms with Crippen LogP contribution in [0.3, 0.4) is 0 Å². The van der Waals surface area contributed by atoms with Gasteiger partial charge >= 0.3 is 6.36 Å². The van der Waals surface area contributed by atoms with Gasteiger partial charge in [-0.3, -0.25) is 9.53 Å². The number of rotatable bonds is 7. The lowest BCUT2D eigenvalue weighted by atomic mass is 9.51. The van der Waals surface area contributed by atoms with Gasteiger partial charge in [0.15, 0.2) is 0 Å². The van der Waals surface area contributed by atoms with Crippen molar-refractivity contribution in [1.29, 1.82) is 0 Å². The first-order chi connectivity index (χ1) is 15.2. The highest BCUT2D eigenvalue weighted by Gasteiger charge is 2.55. The van der Waals surface area contributed by atoms with Crippen LogP contribution in [0.25, 0.3) is 0 Å². The van der Waals surface area contributed by atoms with Gasteiger partial charge in [0.05, 0.1) is 6.33 Å². The van der Waals surface area contributed by atoms with Crippen LogP contribution in [0.1, 0.15) is 44.1 Å². The topological polar surface area (TPSA) is 64.8 Å². The number of nitrogens with two attached hydrogens (primary N) is 1. The summed E-state index contributed by atoms with van der Waals surface area (Å²) in [6, 6.07) is 7.81. The van der Waals surface area contributed by atoms with E-state index in [0.717, 1.165) is 38.5 Å². The Morgan fingerprint density at radius 2 is 1.69 bits per heavy atom. The lowest BCUT2D eigenvalue weighted by molar-refractivity contribution is -0.353. The van der Waals surface area contributed by atoms with Gasteiger partial charge in [-0.15, -0.1) is 13.2 Å². The van der Waals surface area contributed by atoms with Crippen molar-refractivity contribution in [3.63, 3.8) is 0 Å². The molecule has 3 saturated carbocycles. The highest BCUT2D eigenvalue weighted by Crippen LogP contribution is 2.58. The fourth-order valence-electron chi connectivity index (χ4n) is 5.36. The van der Waals surface area contributed by atoms with Crippen molar-refractivity contribution in [3.8, 4) is 5.75 Å². The quantitative estimate of drug-likeness (QED) is 0.624. The molecular weight excluding hydrogens is 428 g/mol. The van der Waals surface area contributed by atoms with Crippen molar-refractivity contribution in [2.24, 2.45) is 11.1 Å². The van der Waals surface area contributed by atoms with E-state index in [1.807, 2.05) is 24.3 Å². The number of halogens is 4. The van der Waals surface area contributed by atoms with Crippen LogP contribution in [-0.2, 0) is 14.9 Å². The molecule has 5 rings (SSSR count). The largest absolute Gasteiger partial charge is 0.522 e. The van der Waals surface area contributed by atoms with E-state index in [1.165, 1.54) is 10.5 Å². The Morgan fingerprint density at radius 3 is 2.19 bits per heavy atom. The van der Waals surface area contributed by atoms with E-state index in [-0.39, 0.29) is 37.6 Å². The van der Waals surface area contributed by atoms with Gasteiger partial charge in [-0.25, -0.2) is 4.39 Å². The predicted octanol–water partition coefficient (Wildman–Crippen LogP) is 4.22. The number of alkyl halides is 3. The van der Waals surface area contributed by atoms with Gasteiger partial charge < -0.3 is 15.4 Å². The zero-order chi connectivity index (χ0) is 23.0. The van der Waals surface area contributed by atoms with Crippen molar-refractivity contribution in [3.05, 3.63) is 41.7 Å². The zero-order valence-electron chi connectivity index (χ0n) is 17.8. The number of benzene rings is 1. The van der Waals surface area contributed by atoms with E-state index < -0.39 is 17.9 Å². The van der Waals surface area contributed by atoms with E-state index in [9.17, 15) is 22.4 Å². The van der Waals surface area contributed by atoms with Gasteiger partial charge in [0, 0.05) is 30.6 Å². The number of amides is 1. The van der Waals surface area contributed by atoms with Gasteiger partial charge in [0.2, 0.25) is 5.91 Å². The highest BCUT2D eigenvalue weighted by molar-refractivity contribution is 5.84. The molecule has 0 radical (unpaired) electrons. The van der Waals surface area contributed by atoms with Gasteiger partial charge in [-0.2, -0.15) is 0 Å². The number of fused-ring (bicyclic) bond motifs is 3. The maximum atomic E-state index is 13.1. The Balaban J connectivity index is 1.33. The summed E-state index contributed by atoms with van der Waals surface area (Å²) >= 11 is 0. The van der Waals surface area contributed by atoms with E-state index in [1.54, 1.807) is 0 Å². The minimum Gasteiger partial charge on any atom is -0.489 e. The third-order valence-electron chi connectivity index (χ3n) is 7.44. The van der Waals surface area contributed by atoms with E-state index in [2.05, 4.69) is 4.74 Å². The van der Waals surface area contributed by atoms with Gasteiger partial charge in [-0.1, -0.05) is 12.1 Å². The van der Waals surface area contributed by atoms with Crippen LogP contribution in [0.15, 0.2) is 36.2 Å². The van der Waals surface area contributed by atoms with Gasteiger partial charge in [0.25, 0.3) is 0 Å². The fraction of sp³-hybridized carbons (Fsp3) is 0.609. The molecule has 0 unspecified atom stereocenters. The zero-order valence-corrected chi connectivity index (χ0v) is 17.8. The number of hydrogen-bond donors (Lipinski definition) is 1. The number of ether oxygens (including phenoxy) is 2. The van der Waals surface area contributed by atoms with Gasteiger partial charge in [-0.05, 0) is 61.6 Å². The highest BCUT2D eigenvalue weighted by atomic mass is 19.4. The normalized spacial score (nSPS) is 28.5. The third kappa shape index (κ3) is 4.50. The van der Waals surface area contributed by atoms with Crippen molar-refractivity contribution in [2.75, 3.05) is 26.2 Å². The summed E-state index contributed by atoms with van der Waals surface area (Å²) in [4.78, 5) is 14.6. The molecule has 9 heteroatoms. The molecule has 1 aromatic rings. The molecule has 0 atom stereocenters. The third-order valence-corrected chi connectivity index (χ3v) is 7.44. The van der Waals surface area contributed by atoms with E-state index >= 15 is 0 Å². The number of likely N-dealkylation sites (tertiary alicyclic amines) is 1. The SMILES string of the molecule is NCC(=CF)COc1ccc(C23CCC(C(=O)N4CC(OC(F)(F)F)C4)(CC2)CC3)cc1. The van der Waals surface area contributed by atoms with Crippen LogP contribution >= 0.6 is 0 Å². The molecule has 4 fully saturated rings. The molecule has 2 N–H and O–H groups in total. The van der Waals surface area contributed by atoms with Crippen LogP contribution in [0.5, 0.6) is 5.75 Å². The standard InChI is InChI=1S/C23H28F4N2O3/c24-11-16(12-28)15-31-18-3-1-17(2-4-18)21-5-8-22(9-6-21,10-7-21)20(30)29-13-19(14-29)32-23(25,26)27/h1-4,11,19H,5-10,12-15,28H2. The maximum absolute atomic E-state index is 13.1. The van der Waals surface area contributed by atoms with Gasteiger partial charge in [0.1, 0.15) is 18.5 Å². The predicted molar refractivity (Wildman–Crippen MR) is 110 cm³/mol. The second-order valence-electron chi connectivity index (χ2n) is 9.24.